The van der Waals surface area contributed by atoms with Gasteiger partial charge in [-0.1, -0.05) is 65.7 Å². The average Bonchev–Trinajstić information content (AvgIpc) is 3.35. The average molecular weight is 566 g/mol. The minimum atomic E-state index is -0.379. The van der Waals surface area contributed by atoms with E-state index in [9.17, 15) is 14.9 Å². The number of nitro benzene ring substituents is 1. The Morgan fingerprint density at radius 3 is 2.37 bits per heavy atom. The second kappa shape index (κ2) is 11.2. The number of hydrogen-bond acceptors (Lipinski definition) is 5. The number of benzene rings is 3. The molecule has 3 heterocycles. The van der Waals surface area contributed by atoms with E-state index in [1.165, 1.54) is 11.6 Å². The van der Waals surface area contributed by atoms with Gasteiger partial charge in [0.1, 0.15) is 5.65 Å². The van der Waals surface area contributed by atoms with Crippen molar-refractivity contribution in [3.63, 3.8) is 0 Å². The molecule has 0 spiro atoms. The van der Waals surface area contributed by atoms with Crippen molar-refractivity contribution in [2.45, 2.75) is 13.5 Å². The Morgan fingerprint density at radius 1 is 0.902 bits per heavy atom. The number of amides is 1. The van der Waals surface area contributed by atoms with Crippen molar-refractivity contribution in [3.8, 4) is 22.4 Å². The number of non-ortho nitro benzene ring substituents is 1. The number of piperazine rings is 1. The van der Waals surface area contributed by atoms with E-state index in [0.717, 1.165) is 33.7 Å². The van der Waals surface area contributed by atoms with Gasteiger partial charge in [0.25, 0.3) is 11.6 Å². The maximum absolute atomic E-state index is 13.1. The van der Waals surface area contributed by atoms with Crippen LogP contribution in [0.15, 0.2) is 91.1 Å². The predicted molar refractivity (Wildman–Crippen MR) is 160 cm³/mol. The highest BCUT2D eigenvalue weighted by atomic mass is 35.5. The molecule has 206 valence electrons. The molecule has 1 amide bonds. The minimum Gasteiger partial charge on any atom is -0.336 e. The molecule has 1 fully saturated rings. The lowest BCUT2D eigenvalue weighted by molar-refractivity contribution is -0.384. The van der Waals surface area contributed by atoms with Crippen LogP contribution in [-0.4, -0.2) is 56.2 Å². The summed E-state index contributed by atoms with van der Waals surface area (Å²) >= 11 is 6.28. The Bertz CT molecular complexity index is 1760. The summed E-state index contributed by atoms with van der Waals surface area (Å²) in [5.74, 6) is -0.0491. The summed E-state index contributed by atoms with van der Waals surface area (Å²) in [5.41, 5.74) is 7.15. The summed E-state index contributed by atoms with van der Waals surface area (Å²) in [4.78, 5) is 33.3. The van der Waals surface area contributed by atoms with Crippen LogP contribution >= 0.6 is 11.6 Å². The van der Waals surface area contributed by atoms with Crippen molar-refractivity contribution in [1.29, 1.82) is 0 Å². The van der Waals surface area contributed by atoms with Crippen molar-refractivity contribution >= 4 is 28.8 Å². The highest BCUT2D eigenvalue weighted by molar-refractivity contribution is 6.33. The largest absolute Gasteiger partial charge is 0.336 e. The smallest absolute Gasteiger partial charge is 0.270 e. The van der Waals surface area contributed by atoms with Gasteiger partial charge in [0.15, 0.2) is 0 Å². The lowest BCUT2D eigenvalue weighted by Gasteiger charge is -2.35. The van der Waals surface area contributed by atoms with Gasteiger partial charge < -0.3 is 9.30 Å². The van der Waals surface area contributed by atoms with E-state index in [4.69, 9.17) is 16.6 Å². The molecule has 5 aromatic rings. The Balaban J connectivity index is 1.32. The van der Waals surface area contributed by atoms with E-state index < -0.39 is 0 Å². The first-order valence-corrected chi connectivity index (χ1v) is 13.8. The number of halogens is 1. The number of pyridine rings is 1. The molecule has 1 aliphatic rings. The van der Waals surface area contributed by atoms with Crippen LogP contribution in [0.1, 0.15) is 21.6 Å². The van der Waals surface area contributed by atoms with Crippen molar-refractivity contribution in [2.24, 2.45) is 0 Å². The number of fused-ring (bicyclic) bond motifs is 1. The van der Waals surface area contributed by atoms with Gasteiger partial charge in [-0.25, -0.2) is 4.98 Å². The summed E-state index contributed by atoms with van der Waals surface area (Å²) < 4.78 is 2.09. The molecule has 0 N–H and O–H groups in total. The summed E-state index contributed by atoms with van der Waals surface area (Å²) in [6.45, 7) is 5.31. The van der Waals surface area contributed by atoms with E-state index in [1.54, 1.807) is 24.3 Å². The topological polar surface area (TPSA) is 84.0 Å². The fraction of sp³-hybridized carbons (Fsp3) is 0.188. The van der Waals surface area contributed by atoms with Crippen LogP contribution in [0, 0.1) is 17.0 Å². The highest BCUT2D eigenvalue weighted by Crippen LogP contribution is 2.30. The van der Waals surface area contributed by atoms with Crippen molar-refractivity contribution in [2.75, 3.05) is 26.2 Å². The number of imidazole rings is 1. The van der Waals surface area contributed by atoms with E-state index in [2.05, 4.69) is 40.5 Å². The Morgan fingerprint density at radius 2 is 1.63 bits per heavy atom. The quantitative estimate of drug-likeness (QED) is 0.173. The van der Waals surface area contributed by atoms with Crippen molar-refractivity contribution in [3.05, 3.63) is 123 Å². The first-order chi connectivity index (χ1) is 19.9. The molecule has 6 rings (SSSR count). The van der Waals surface area contributed by atoms with Gasteiger partial charge in [-0.05, 0) is 42.3 Å². The summed E-state index contributed by atoms with van der Waals surface area (Å²) in [7, 11) is 0. The third-order valence-electron chi connectivity index (χ3n) is 7.57. The standard InChI is InChI=1S/C32H28ClN5O3/c1-22-9-11-23(12-10-22)31-29(21-35-15-17-36(18-16-35)32(39)27-7-2-3-8-28(27)33)37-20-25(13-14-30(37)34-31)24-5-4-6-26(19-24)38(40)41/h2-14,19-20H,15-18,21H2,1H3. The second-order valence-corrected chi connectivity index (χ2v) is 10.7. The summed E-state index contributed by atoms with van der Waals surface area (Å²) in [5, 5.41) is 11.8. The van der Waals surface area contributed by atoms with Crippen molar-refractivity contribution in [1.82, 2.24) is 19.2 Å². The van der Waals surface area contributed by atoms with Gasteiger partial charge in [0, 0.05) is 56.6 Å². The monoisotopic (exact) mass is 565 g/mol. The minimum absolute atomic E-state index is 0.0491. The highest BCUT2D eigenvalue weighted by Gasteiger charge is 2.25. The molecular formula is C32H28ClN5O3. The third kappa shape index (κ3) is 5.44. The molecule has 1 saturated heterocycles. The van der Waals surface area contributed by atoms with Gasteiger partial charge in [-0.15, -0.1) is 0 Å². The van der Waals surface area contributed by atoms with Crippen LogP contribution in [-0.2, 0) is 6.54 Å². The molecule has 2 aromatic heterocycles. The number of rotatable bonds is 6. The van der Waals surface area contributed by atoms with Crippen LogP contribution in [0.2, 0.25) is 5.02 Å². The van der Waals surface area contributed by atoms with Gasteiger partial charge in [-0.2, -0.15) is 0 Å². The number of nitrogens with zero attached hydrogens (tertiary/aromatic N) is 5. The third-order valence-corrected chi connectivity index (χ3v) is 7.90. The number of hydrogen-bond donors (Lipinski definition) is 0. The molecule has 9 heteroatoms. The number of aryl methyl sites for hydroxylation is 1. The maximum Gasteiger partial charge on any atom is 0.270 e. The molecule has 0 unspecified atom stereocenters. The van der Waals surface area contributed by atoms with Gasteiger partial charge in [0.05, 0.1) is 26.9 Å². The molecule has 0 atom stereocenters. The number of carbonyl (C=O) groups excluding carboxylic acids is 1. The van der Waals surface area contributed by atoms with Crippen LogP contribution in [0.4, 0.5) is 5.69 Å². The van der Waals surface area contributed by atoms with Crippen LogP contribution in [0.5, 0.6) is 0 Å². The van der Waals surface area contributed by atoms with Gasteiger partial charge in [-0.3, -0.25) is 19.8 Å². The van der Waals surface area contributed by atoms with Crippen LogP contribution in [0.3, 0.4) is 0 Å². The van der Waals surface area contributed by atoms with E-state index in [0.29, 0.717) is 43.3 Å². The fourth-order valence-electron chi connectivity index (χ4n) is 5.28. The first kappa shape index (κ1) is 26.7. The molecule has 1 aliphatic heterocycles. The lowest BCUT2D eigenvalue weighted by atomic mass is 10.1. The summed E-state index contributed by atoms with van der Waals surface area (Å²) in [6.07, 6.45) is 2.01. The van der Waals surface area contributed by atoms with Crippen molar-refractivity contribution < 1.29 is 9.72 Å². The van der Waals surface area contributed by atoms with Gasteiger partial charge in [0.2, 0.25) is 0 Å². The second-order valence-electron chi connectivity index (χ2n) is 10.3. The summed E-state index contributed by atoms with van der Waals surface area (Å²) in [6, 6.07) is 26.1. The normalized spacial score (nSPS) is 14.0. The van der Waals surface area contributed by atoms with E-state index >= 15 is 0 Å². The molecule has 3 aromatic carbocycles. The van der Waals surface area contributed by atoms with Crippen LogP contribution in [0.25, 0.3) is 28.0 Å². The zero-order valence-electron chi connectivity index (χ0n) is 22.5. The predicted octanol–water partition coefficient (Wildman–Crippen LogP) is 6.50. The Kier molecular flexibility index (Phi) is 7.26. The zero-order valence-corrected chi connectivity index (χ0v) is 23.3. The fourth-order valence-corrected chi connectivity index (χ4v) is 5.50. The zero-order chi connectivity index (χ0) is 28.5. The molecule has 0 radical (unpaired) electrons. The molecule has 0 bridgehead atoms. The van der Waals surface area contributed by atoms with Gasteiger partial charge >= 0.3 is 0 Å². The first-order valence-electron chi connectivity index (χ1n) is 13.5. The van der Waals surface area contributed by atoms with E-state index in [1.807, 2.05) is 41.4 Å². The molecule has 41 heavy (non-hydrogen) atoms. The number of carbonyl (C=O) groups is 1. The Labute approximate surface area is 242 Å². The van der Waals surface area contributed by atoms with Crippen LogP contribution < -0.4 is 0 Å². The maximum atomic E-state index is 13.1. The molecule has 0 aliphatic carbocycles. The van der Waals surface area contributed by atoms with E-state index in [-0.39, 0.29) is 16.5 Å². The number of aromatic nitrogens is 2. The molecule has 8 nitrogen and oxygen atoms in total. The lowest BCUT2D eigenvalue weighted by Crippen LogP contribution is -2.48. The Hall–Kier alpha value is -4.53. The number of nitro groups is 1. The SMILES string of the molecule is Cc1ccc(-c2nc3ccc(-c4cccc([N+](=O)[O-])c4)cn3c2CN2CCN(C(=O)c3ccccc3Cl)CC2)cc1. The molecule has 0 saturated carbocycles. The molecular weight excluding hydrogens is 538 g/mol.